The maximum atomic E-state index is 13.6. The smallest absolute Gasteiger partial charge is 0.243 e. The zero-order valence-corrected chi connectivity index (χ0v) is 17.0. The number of rotatable bonds is 4. The second-order valence-corrected chi connectivity index (χ2v) is 8.79. The number of hydrogen-bond donors (Lipinski definition) is 0. The number of benzene rings is 1. The lowest BCUT2D eigenvalue weighted by atomic mass is 10.2. The van der Waals surface area contributed by atoms with Gasteiger partial charge in [-0.3, -0.25) is 0 Å². The highest BCUT2D eigenvalue weighted by atomic mass is 32.2. The molecule has 1 aliphatic heterocycles. The van der Waals surface area contributed by atoms with E-state index < -0.39 is 15.8 Å². The highest BCUT2D eigenvalue weighted by Gasteiger charge is 2.30. The first-order valence-electron chi connectivity index (χ1n) is 9.21. The van der Waals surface area contributed by atoms with Crippen LogP contribution in [-0.2, 0) is 10.0 Å². The molecule has 0 aliphatic carbocycles. The van der Waals surface area contributed by atoms with Crippen LogP contribution in [0.5, 0.6) is 0 Å². The Morgan fingerprint density at radius 1 is 1.00 bits per heavy atom. The Morgan fingerprint density at radius 3 is 2.41 bits per heavy atom. The van der Waals surface area contributed by atoms with Crippen molar-refractivity contribution in [3.05, 3.63) is 59.9 Å². The molecule has 2 aromatic heterocycles. The Morgan fingerprint density at radius 2 is 1.72 bits per heavy atom. The minimum Gasteiger partial charge on any atom is -0.354 e. The van der Waals surface area contributed by atoms with Gasteiger partial charge in [0.2, 0.25) is 10.0 Å². The van der Waals surface area contributed by atoms with Gasteiger partial charge in [-0.05, 0) is 37.6 Å². The summed E-state index contributed by atoms with van der Waals surface area (Å²) in [6.45, 7) is 5.01. The molecular formula is C19H21FN6O2S. The number of hydrogen-bond acceptors (Lipinski definition) is 6. The van der Waals surface area contributed by atoms with Crippen molar-refractivity contribution >= 4 is 15.8 Å². The molecule has 0 radical (unpaired) electrons. The average Bonchev–Trinajstić information content (AvgIpc) is 3.24. The minimum atomic E-state index is -3.75. The molecular weight excluding hydrogens is 395 g/mol. The van der Waals surface area contributed by atoms with Gasteiger partial charge in [0.1, 0.15) is 17.5 Å². The van der Waals surface area contributed by atoms with E-state index in [0.29, 0.717) is 43.4 Å². The quantitative estimate of drug-likeness (QED) is 0.646. The van der Waals surface area contributed by atoms with Crippen LogP contribution in [0.4, 0.5) is 10.2 Å². The maximum Gasteiger partial charge on any atom is 0.243 e. The van der Waals surface area contributed by atoms with Crippen LogP contribution in [0.1, 0.15) is 11.4 Å². The fraction of sp³-hybridized carbons (Fsp3) is 0.316. The molecule has 1 fully saturated rings. The second kappa shape index (κ2) is 7.53. The summed E-state index contributed by atoms with van der Waals surface area (Å²) >= 11 is 0. The molecule has 0 unspecified atom stereocenters. The van der Waals surface area contributed by atoms with Crippen molar-refractivity contribution in [3.63, 3.8) is 0 Å². The van der Waals surface area contributed by atoms with Crippen molar-refractivity contribution in [3.8, 4) is 5.82 Å². The Balaban J connectivity index is 1.53. The molecule has 8 nitrogen and oxygen atoms in total. The Hall–Kier alpha value is -2.85. The van der Waals surface area contributed by atoms with Crippen LogP contribution in [0.15, 0.2) is 47.6 Å². The molecule has 152 valence electrons. The first-order chi connectivity index (χ1) is 13.8. The van der Waals surface area contributed by atoms with Gasteiger partial charge >= 0.3 is 0 Å². The first kappa shape index (κ1) is 19.5. The molecule has 1 saturated heterocycles. The minimum absolute atomic E-state index is 0.0183. The lowest BCUT2D eigenvalue weighted by Gasteiger charge is -2.35. The Bertz CT molecular complexity index is 1130. The zero-order valence-electron chi connectivity index (χ0n) is 16.2. The molecule has 29 heavy (non-hydrogen) atoms. The number of anilines is 1. The maximum absolute atomic E-state index is 13.6. The average molecular weight is 416 g/mol. The number of piperazine rings is 1. The molecule has 1 aromatic carbocycles. The van der Waals surface area contributed by atoms with Crippen LogP contribution < -0.4 is 4.90 Å². The van der Waals surface area contributed by atoms with Crippen LogP contribution in [0.2, 0.25) is 0 Å². The fourth-order valence-corrected chi connectivity index (χ4v) is 5.03. The third-order valence-electron chi connectivity index (χ3n) is 4.88. The SMILES string of the molecule is Cc1nc(N2CCN(S(=O)(=O)c3cc(F)ccc3C)CC2)cc(-n2cccn2)n1. The number of halogens is 1. The summed E-state index contributed by atoms with van der Waals surface area (Å²) in [6, 6.07) is 7.48. The molecule has 0 saturated carbocycles. The fourth-order valence-electron chi connectivity index (χ4n) is 3.37. The molecule has 0 spiro atoms. The first-order valence-corrected chi connectivity index (χ1v) is 10.7. The van der Waals surface area contributed by atoms with E-state index in [1.54, 1.807) is 24.0 Å². The van der Waals surface area contributed by atoms with E-state index in [2.05, 4.69) is 15.1 Å². The van der Waals surface area contributed by atoms with Crippen LogP contribution in [-0.4, -0.2) is 58.7 Å². The van der Waals surface area contributed by atoms with Crippen molar-refractivity contribution in [1.29, 1.82) is 0 Å². The summed E-state index contributed by atoms with van der Waals surface area (Å²) in [5.41, 5.74) is 0.532. The molecule has 0 N–H and O–H groups in total. The number of aryl methyl sites for hydroxylation is 2. The third-order valence-corrected chi connectivity index (χ3v) is 6.92. The van der Waals surface area contributed by atoms with Gasteiger partial charge in [0.05, 0.1) is 4.90 Å². The predicted octanol–water partition coefficient (Wildman–Crippen LogP) is 1.93. The van der Waals surface area contributed by atoms with E-state index >= 15 is 0 Å². The highest BCUT2D eigenvalue weighted by molar-refractivity contribution is 7.89. The van der Waals surface area contributed by atoms with Crippen LogP contribution in [0.3, 0.4) is 0 Å². The van der Waals surface area contributed by atoms with Crippen LogP contribution >= 0.6 is 0 Å². The normalized spacial score (nSPS) is 15.6. The number of aromatic nitrogens is 4. The third kappa shape index (κ3) is 3.85. The van der Waals surface area contributed by atoms with Gasteiger partial charge < -0.3 is 4.90 Å². The van der Waals surface area contributed by atoms with Crippen LogP contribution in [0, 0.1) is 19.7 Å². The Labute approximate surface area is 168 Å². The van der Waals surface area contributed by atoms with Gasteiger partial charge in [0, 0.05) is 44.6 Å². The summed E-state index contributed by atoms with van der Waals surface area (Å²) in [5.74, 6) is 1.43. The predicted molar refractivity (Wildman–Crippen MR) is 106 cm³/mol. The standard InChI is InChI=1S/C19H21FN6O2S/c1-14-4-5-16(20)12-17(14)29(27,28)25-10-8-24(9-11-25)18-13-19(23-15(2)22-18)26-7-3-6-21-26/h3-7,12-13H,8-11H2,1-2H3. The van der Waals surface area contributed by atoms with E-state index in [4.69, 9.17) is 0 Å². The largest absolute Gasteiger partial charge is 0.354 e. The van der Waals surface area contributed by atoms with Gasteiger partial charge in [-0.1, -0.05) is 6.07 Å². The van der Waals surface area contributed by atoms with E-state index in [1.807, 2.05) is 24.0 Å². The van der Waals surface area contributed by atoms with E-state index in [0.717, 1.165) is 11.9 Å². The topological polar surface area (TPSA) is 84.2 Å². The summed E-state index contributed by atoms with van der Waals surface area (Å²) in [5, 5.41) is 4.20. The molecule has 0 amide bonds. The van der Waals surface area contributed by atoms with Crippen molar-refractivity contribution in [2.24, 2.45) is 0 Å². The van der Waals surface area contributed by atoms with Gasteiger partial charge in [-0.25, -0.2) is 27.5 Å². The van der Waals surface area contributed by atoms with E-state index in [-0.39, 0.29) is 4.90 Å². The van der Waals surface area contributed by atoms with E-state index in [1.165, 1.54) is 16.4 Å². The second-order valence-electron chi connectivity index (χ2n) is 6.88. The molecule has 3 heterocycles. The molecule has 3 aromatic rings. The molecule has 0 atom stereocenters. The summed E-state index contributed by atoms with van der Waals surface area (Å²) in [4.78, 5) is 10.9. The molecule has 4 rings (SSSR count). The van der Waals surface area contributed by atoms with E-state index in [9.17, 15) is 12.8 Å². The Kier molecular flexibility index (Phi) is 5.05. The molecule has 1 aliphatic rings. The van der Waals surface area contributed by atoms with Gasteiger partial charge in [-0.2, -0.15) is 9.40 Å². The van der Waals surface area contributed by atoms with Crippen LogP contribution in [0.25, 0.3) is 5.82 Å². The van der Waals surface area contributed by atoms with Crippen molar-refractivity contribution in [2.45, 2.75) is 18.7 Å². The monoisotopic (exact) mass is 416 g/mol. The van der Waals surface area contributed by atoms with Gasteiger partial charge in [0.15, 0.2) is 5.82 Å². The molecule has 0 bridgehead atoms. The number of nitrogens with zero attached hydrogens (tertiary/aromatic N) is 6. The summed E-state index contributed by atoms with van der Waals surface area (Å²) < 4.78 is 42.6. The van der Waals surface area contributed by atoms with Crippen molar-refractivity contribution in [2.75, 3.05) is 31.1 Å². The number of sulfonamides is 1. The molecule has 10 heteroatoms. The van der Waals surface area contributed by atoms with Crippen molar-refractivity contribution in [1.82, 2.24) is 24.1 Å². The summed E-state index contributed by atoms with van der Waals surface area (Å²) in [6.07, 6.45) is 3.48. The zero-order chi connectivity index (χ0) is 20.6. The van der Waals surface area contributed by atoms with Gasteiger partial charge in [-0.15, -0.1) is 0 Å². The van der Waals surface area contributed by atoms with Crippen molar-refractivity contribution < 1.29 is 12.8 Å². The summed E-state index contributed by atoms with van der Waals surface area (Å²) in [7, 11) is -3.75. The van der Waals surface area contributed by atoms with Gasteiger partial charge in [0.25, 0.3) is 0 Å². The lowest BCUT2D eigenvalue weighted by molar-refractivity contribution is 0.383. The highest BCUT2D eigenvalue weighted by Crippen LogP contribution is 2.24. The lowest BCUT2D eigenvalue weighted by Crippen LogP contribution is -2.49.